The molecule has 33 heavy (non-hydrogen) atoms. The average molecular weight is 476 g/mol. The van der Waals surface area contributed by atoms with E-state index in [0.717, 1.165) is 5.56 Å². The number of piperidine rings is 1. The second-order valence-corrected chi connectivity index (χ2v) is 9.35. The minimum atomic E-state index is -1.62. The van der Waals surface area contributed by atoms with E-state index in [0.29, 0.717) is 50.1 Å². The Kier molecular flexibility index (Phi) is 8.57. The molecular weight excluding hydrogens is 445 g/mol. The number of rotatable bonds is 9. The number of nitrogens with zero attached hydrogens (tertiary/aromatic N) is 1. The first-order chi connectivity index (χ1) is 15.9. The minimum Gasteiger partial charge on any atom is -0.496 e. The van der Waals surface area contributed by atoms with Gasteiger partial charge in [0.25, 0.3) is 5.91 Å². The van der Waals surface area contributed by atoms with Gasteiger partial charge in [0.2, 0.25) is 5.91 Å². The second kappa shape index (κ2) is 11.4. The van der Waals surface area contributed by atoms with Crippen LogP contribution < -0.4 is 14.8 Å². The first-order valence-electron chi connectivity index (χ1n) is 11.0. The number of hydrogen-bond acceptors (Lipinski definition) is 4. The molecule has 0 bridgehead atoms. The molecule has 0 aromatic heterocycles. The Morgan fingerprint density at radius 2 is 1.88 bits per heavy atom. The van der Waals surface area contributed by atoms with Crippen LogP contribution in [-0.2, 0) is 21.4 Å². The van der Waals surface area contributed by atoms with Crippen LogP contribution in [0.2, 0.25) is 0 Å². The van der Waals surface area contributed by atoms with Crippen LogP contribution >= 0.6 is 0 Å². The molecule has 1 unspecified atom stereocenters. The number of benzene rings is 2. The molecule has 1 fully saturated rings. The quantitative estimate of drug-likeness (QED) is 0.584. The first kappa shape index (κ1) is 24.9. The fraction of sp³-hybridized carbons (Fsp3) is 0.417. The zero-order chi connectivity index (χ0) is 23.8. The number of ether oxygens (including phenoxy) is 1. The number of nitrogens with one attached hydrogen (secondary N) is 2. The van der Waals surface area contributed by atoms with E-state index in [9.17, 15) is 18.2 Å². The predicted octanol–water partition coefficient (Wildman–Crippen LogP) is 3.09. The molecule has 1 saturated heterocycles. The third-order valence-electron chi connectivity index (χ3n) is 5.97. The maximum Gasteiger partial charge on any atom is 0.255 e. The van der Waals surface area contributed by atoms with Crippen molar-refractivity contribution in [3.05, 3.63) is 65.5 Å². The van der Waals surface area contributed by atoms with Crippen molar-refractivity contribution in [1.29, 1.82) is 0 Å². The zero-order valence-corrected chi connectivity index (χ0v) is 19.8. The summed E-state index contributed by atoms with van der Waals surface area (Å²) >= 11 is -1.62. The molecule has 2 aromatic rings. The summed E-state index contributed by atoms with van der Waals surface area (Å²) in [7, 11) is 1.51. The highest BCUT2D eigenvalue weighted by molar-refractivity contribution is 7.81. The number of halogens is 1. The van der Waals surface area contributed by atoms with E-state index < -0.39 is 16.6 Å². The van der Waals surface area contributed by atoms with Crippen molar-refractivity contribution in [2.75, 3.05) is 26.7 Å². The topological polar surface area (TPSA) is 87.7 Å². The average Bonchev–Trinajstić information content (AvgIpc) is 2.83. The lowest BCUT2D eigenvalue weighted by Crippen LogP contribution is -2.51. The van der Waals surface area contributed by atoms with E-state index in [2.05, 4.69) is 10.0 Å². The van der Waals surface area contributed by atoms with Crippen LogP contribution in [-0.4, -0.2) is 47.1 Å². The van der Waals surface area contributed by atoms with Gasteiger partial charge in [0, 0.05) is 31.5 Å². The Hall–Kier alpha value is -2.78. The van der Waals surface area contributed by atoms with Gasteiger partial charge in [-0.3, -0.25) is 14.3 Å². The number of carbonyl (C=O) groups excluding carboxylic acids is 2. The van der Waals surface area contributed by atoms with Gasteiger partial charge in [-0.05, 0) is 49.1 Å². The predicted molar refractivity (Wildman–Crippen MR) is 125 cm³/mol. The molecule has 1 aliphatic rings. The molecule has 1 aliphatic heterocycles. The van der Waals surface area contributed by atoms with Crippen LogP contribution in [0.1, 0.15) is 48.5 Å². The molecule has 1 heterocycles. The number of methoxy groups -OCH3 is 1. The van der Waals surface area contributed by atoms with Crippen molar-refractivity contribution < 1.29 is 22.9 Å². The maximum absolute atomic E-state index is 14.1. The molecule has 2 N–H and O–H groups in total. The minimum absolute atomic E-state index is 0.248. The van der Waals surface area contributed by atoms with Gasteiger partial charge in [-0.1, -0.05) is 31.2 Å². The first-order valence-corrected chi connectivity index (χ1v) is 12.1. The summed E-state index contributed by atoms with van der Waals surface area (Å²) < 4.78 is 36.1. The summed E-state index contributed by atoms with van der Waals surface area (Å²) in [6, 6.07) is 13.4. The maximum atomic E-state index is 14.1. The van der Waals surface area contributed by atoms with Gasteiger partial charge in [0.1, 0.15) is 11.6 Å². The summed E-state index contributed by atoms with van der Waals surface area (Å²) in [5.74, 6) is -0.397. The fourth-order valence-corrected chi connectivity index (χ4v) is 5.02. The lowest BCUT2D eigenvalue weighted by Gasteiger charge is -2.41. The Bertz CT molecular complexity index is 1010. The fourth-order valence-electron chi connectivity index (χ4n) is 4.08. The molecule has 0 saturated carbocycles. The third kappa shape index (κ3) is 6.17. The van der Waals surface area contributed by atoms with Crippen LogP contribution in [0.25, 0.3) is 0 Å². The standard InChI is InChI=1S/C24H30FN3O4S/c1-3-7-22(29)27-33(31)28-14-12-24(13-15-28,18-8-6-9-19(25)16-18)17-26-23(30)20-10-4-5-11-21(20)32-2/h4-6,8-11,16H,3,7,12-15,17H2,1-2H3,(H,26,30)(H,27,29). The number of para-hydroxylation sites is 1. The van der Waals surface area contributed by atoms with E-state index in [1.165, 1.54) is 19.2 Å². The lowest BCUT2D eigenvalue weighted by atomic mass is 9.73. The Labute approximate surface area is 196 Å². The van der Waals surface area contributed by atoms with Gasteiger partial charge >= 0.3 is 0 Å². The van der Waals surface area contributed by atoms with E-state index >= 15 is 0 Å². The van der Waals surface area contributed by atoms with Crippen molar-refractivity contribution in [1.82, 2.24) is 14.3 Å². The molecule has 2 amide bonds. The highest BCUT2D eigenvalue weighted by atomic mass is 32.2. The van der Waals surface area contributed by atoms with Crippen molar-refractivity contribution in [3.63, 3.8) is 0 Å². The van der Waals surface area contributed by atoms with Crippen molar-refractivity contribution in [3.8, 4) is 5.75 Å². The van der Waals surface area contributed by atoms with Crippen LogP contribution in [0.15, 0.2) is 48.5 Å². The molecule has 1 atom stereocenters. The molecule has 0 aliphatic carbocycles. The molecule has 7 nitrogen and oxygen atoms in total. The van der Waals surface area contributed by atoms with Gasteiger partial charge in [-0.25, -0.2) is 12.9 Å². The molecule has 178 valence electrons. The van der Waals surface area contributed by atoms with Crippen molar-refractivity contribution in [2.45, 2.75) is 38.0 Å². The molecule has 9 heteroatoms. The number of carbonyl (C=O) groups is 2. The number of amides is 2. The molecule has 2 aromatic carbocycles. The summed E-state index contributed by atoms with van der Waals surface area (Å²) in [5, 5.41) is 2.99. The van der Waals surface area contributed by atoms with Crippen LogP contribution in [0.3, 0.4) is 0 Å². The Morgan fingerprint density at radius 1 is 1.15 bits per heavy atom. The Morgan fingerprint density at radius 3 is 2.55 bits per heavy atom. The molecule has 0 radical (unpaired) electrons. The largest absolute Gasteiger partial charge is 0.496 e. The normalized spacial score (nSPS) is 16.6. The van der Waals surface area contributed by atoms with E-state index in [1.54, 1.807) is 34.6 Å². The van der Waals surface area contributed by atoms with E-state index in [-0.39, 0.29) is 24.2 Å². The summed E-state index contributed by atoms with van der Waals surface area (Å²) in [6.45, 7) is 3.03. The summed E-state index contributed by atoms with van der Waals surface area (Å²) in [6.07, 6.45) is 2.08. The number of hydrogen-bond donors (Lipinski definition) is 2. The summed E-state index contributed by atoms with van der Waals surface area (Å²) in [4.78, 5) is 24.7. The Balaban J connectivity index is 1.75. The SMILES string of the molecule is CCCC(=O)NS(=O)N1CCC(CNC(=O)c2ccccc2OC)(c2cccc(F)c2)CC1. The lowest BCUT2D eigenvalue weighted by molar-refractivity contribution is -0.119. The van der Waals surface area contributed by atoms with Gasteiger partial charge in [0.05, 0.1) is 12.7 Å². The van der Waals surface area contributed by atoms with Crippen molar-refractivity contribution in [2.24, 2.45) is 0 Å². The molecular formula is C24H30FN3O4S. The van der Waals surface area contributed by atoms with Crippen LogP contribution in [0.5, 0.6) is 5.75 Å². The van der Waals surface area contributed by atoms with Crippen molar-refractivity contribution >= 4 is 23.0 Å². The highest BCUT2D eigenvalue weighted by Gasteiger charge is 2.38. The third-order valence-corrected chi connectivity index (χ3v) is 7.20. The zero-order valence-electron chi connectivity index (χ0n) is 18.9. The van der Waals surface area contributed by atoms with Crippen LogP contribution in [0.4, 0.5) is 4.39 Å². The smallest absolute Gasteiger partial charge is 0.255 e. The highest BCUT2D eigenvalue weighted by Crippen LogP contribution is 2.36. The van der Waals surface area contributed by atoms with E-state index in [4.69, 9.17) is 4.74 Å². The van der Waals surface area contributed by atoms with Gasteiger partial charge in [-0.15, -0.1) is 0 Å². The van der Waals surface area contributed by atoms with E-state index in [1.807, 2.05) is 13.0 Å². The van der Waals surface area contributed by atoms with Gasteiger partial charge in [0.15, 0.2) is 11.2 Å². The molecule has 0 spiro atoms. The monoisotopic (exact) mass is 475 g/mol. The molecule has 3 rings (SSSR count). The van der Waals surface area contributed by atoms with Crippen LogP contribution in [0, 0.1) is 5.82 Å². The summed E-state index contributed by atoms with van der Waals surface area (Å²) in [5.41, 5.74) is 0.670. The second-order valence-electron chi connectivity index (χ2n) is 8.13. The van der Waals surface area contributed by atoms with Gasteiger partial charge in [-0.2, -0.15) is 0 Å². The van der Waals surface area contributed by atoms with Gasteiger partial charge < -0.3 is 10.1 Å².